The van der Waals surface area contributed by atoms with Crippen LogP contribution in [0.2, 0.25) is 0 Å². The molecule has 0 bridgehead atoms. The first kappa shape index (κ1) is 9.78. The van der Waals surface area contributed by atoms with Crippen molar-refractivity contribution in [2.75, 3.05) is 19.1 Å². The molecule has 10 heavy (non-hydrogen) atoms. The van der Waals surface area contributed by atoms with Gasteiger partial charge in [-0.15, -0.1) is 0 Å². The monoisotopic (exact) mass is 163 g/mol. The van der Waals surface area contributed by atoms with Crippen molar-refractivity contribution in [2.24, 2.45) is 0 Å². The van der Waals surface area contributed by atoms with Gasteiger partial charge in [0.25, 0.3) is 0 Å². The number of hydrogen-bond acceptors (Lipinski definition) is 3. The van der Waals surface area contributed by atoms with Gasteiger partial charge in [-0.3, -0.25) is 4.79 Å². The Balaban J connectivity index is 4.08. The Kier molecular flexibility index (Phi) is 3.75. The summed E-state index contributed by atoms with van der Waals surface area (Å²) < 4.78 is 0. The predicted octanol–water partition coefficient (Wildman–Crippen LogP) is 0.412. The Morgan fingerprint density at radius 3 is 2.40 bits per heavy atom. The Labute approximate surface area is 65.2 Å². The van der Waals surface area contributed by atoms with Gasteiger partial charge < -0.3 is 10.4 Å². The van der Waals surface area contributed by atoms with Crippen molar-refractivity contribution in [1.29, 1.82) is 0 Å². The molecule has 0 radical (unpaired) electrons. The molecular formula is C6H13NO2S. The van der Waals surface area contributed by atoms with Crippen molar-refractivity contribution in [2.45, 2.75) is 12.5 Å². The highest BCUT2D eigenvalue weighted by Gasteiger charge is 2.29. The van der Waals surface area contributed by atoms with Crippen LogP contribution in [0.5, 0.6) is 0 Å². The summed E-state index contributed by atoms with van der Waals surface area (Å²) in [4.78, 5) is 10.6. The molecule has 0 aliphatic carbocycles. The van der Waals surface area contributed by atoms with E-state index in [0.717, 1.165) is 0 Å². The van der Waals surface area contributed by atoms with E-state index in [1.165, 1.54) is 11.8 Å². The van der Waals surface area contributed by atoms with Gasteiger partial charge in [-0.1, -0.05) is 0 Å². The van der Waals surface area contributed by atoms with Gasteiger partial charge in [0.05, 0.1) is 0 Å². The fraction of sp³-hybridized carbons (Fsp3) is 0.833. The first-order chi connectivity index (χ1) is 4.56. The molecule has 0 fully saturated rings. The Morgan fingerprint density at radius 2 is 2.30 bits per heavy atom. The average molecular weight is 163 g/mol. The zero-order valence-corrected chi connectivity index (χ0v) is 7.29. The van der Waals surface area contributed by atoms with Crippen LogP contribution in [0.1, 0.15) is 6.92 Å². The molecule has 0 saturated heterocycles. The van der Waals surface area contributed by atoms with Crippen molar-refractivity contribution >= 4 is 17.7 Å². The summed E-state index contributed by atoms with van der Waals surface area (Å²) in [6, 6.07) is 0. The summed E-state index contributed by atoms with van der Waals surface area (Å²) in [5, 5.41) is 11.4. The van der Waals surface area contributed by atoms with E-state index >= 15 is 0 Å². The normalized spacial score (nSPS) is 16.3. The second-order valence-electron chi connectivity index (χ2n) is 2.32. The summed E-state index contributed by atoms with van der Waals surface area (Å²) in [5.41, 5.74) is -0.778. The van der Waals surface area contributed by atoms with E-state index in [2.05, 4.69) is 5.32 Å². The minimum Gasteiger partial charge on any atom is -0.480 e. The third kappa shape index (κ3) is 2.19. The SMILES string of the molecule is CNC(C)(CSC)C(=O)O. The lowest BCUT2D eigenvalue weighted by atomic mass is 10.1. The van der Waals surface area contributed by atoms with Gasteiger partial charge in [0.1, 0.15) is 5.54 Å². The molecule has 0 aromatic heterocycles. The quantitative estimate of drug-likeness (QED) is 0.630. The number of carboxylic acid groups (broad SMARTS) is 1. The Bertz CT molecular complexity index is 129. The topological polar surface area (TPSA) is 49.3 Å². The van der Waals surface area contributed by atoms with Crippen LogP contribution >= 0.6 is 11.8 Å². The lowest BCUT2D eigenvalue weighted by Crippen LogP contribution is -2.49. The largest absolute Gasteiger partial charge is 0.480 e. The molecular weight excluding hydrogens is 150 g/mol. The molecule has 0 spiro atoms. The molecule has 4 heteroatoms. The van der Waals surface area contributed by atoms with Crippen LogP contribution in [0, 0.1) is 0 Å². The van der Waals surface area contributed by atoms with Gasteiger partial charge in [-0.2, -0.15) is 11.8 Å². The molecule has 0 aromatic rings. The van der Waals surface area contributed by atoms with E-state index in [1.54, 1.807) is 14.0 Å². The van der Waals surface area contributed by atoms with E-state index in [9.17, 15) is 4.79 Å². The molecule has 3 nitrogen and oxygen atoms in total. The van der Waals surface area contributed by atoms with Gasteiger partial charge in [0.15, 0.2) is 0 Å². The second kappa shape index (κ2) is 3.83. The lowest BCUT2D eigenvalue weighted by Gasteiger charge is -2.22. The third-order valence-corrected chi connectivity index (χ3v) is 2.32. The van der Waals surface area contributed by atoms with E-state index in [-0.39, 0.29) is 0 Å². The maximum absolute atomic E-state index is 10.6. The second-order valence-corrected chi connectivity index (χ2v) is 3.19. The van der Waals surface area contributed by atoms with Crippen LogP contribution in [0.4, 0.5) is 0 Å². The van der Waals surface area contributed by atoms with Crippen molar-refractivity contribution in [3.05, 3.63) is 0 Å². The predicted molar refractivity (Wildman–Crippen MR) is 43.5 cm³/mol. The van der Waals surface area contributed by atoms with Crippen molar-refractivity contribution in [1.82, 2.24) is 5.32 Å². The summed E-state index contributed by atoms with van der Waals surface area (Å²) in [7, 11) is 1.66. The molecule has 60 valence electrons. The van der Waals surface area contributed by atoms with Crippen LogP contribution in [0.15, 0.2) is 0 Å². The van der Waals surface area contributed by atoms with Gasteiger partial charge >= 0.3 is 5.97 Å². The summed E-state index contributed by atoms with van der Waals surface area (Å²) in [6.07, 6.45) is 1.89. The Hall–Kier alpha value is -0.220. The zero-order chi connectivity index (χ0) is 8.20. The molecule has 0 aliphatic heterocycles. The van der Waals surface area contributed by atoms with E-state index in [4.69, 9.17) is 5.11 Å². The molecule has 0 saturated carbocycles. The van der Waals surface area contributed by atoms with Crippen molar-refractivity contribution in [3.63, 3.8) is 0 Å². The number of aliphatic carboxylic acids is 1. The number of hydrogen-bond donors (Lipinski definition) is 2. The van der Waals surface area contributed by atoms with Gasteiger partial charge in [-0.25, -0.2) is 0 Å². The molecule has 1 atom stereocenters. The number of likely N-dealkylation sites (N-methyl/N-ethyl adjacent to an activating group) is 1. The highest BCUT2D eigenvalue weighted by Crippen LogP contribution is 2.09. The van der Waals surface area contributed by atoms with Crippen molar-refractivity contribution in [3.8, 4) is 0 Å². The van der Waals surface area contributed by atoms with E-state index in [1.807, 2.05) is 6.26 Å². The molecule has 1 unspecified atom stereocenters. The number of rotatable bonds is 4. The molecule has 0 aliphatic rings. The molecule has 0 rings (SSSR count). The van der Waals surface area contributed by atoms with Crippen LogP contribution < -0.4 is 5.32 Å². The maximum atomic E-state index is 10.6. The van der Waals surface area contributed by atoms with Crippen LogP contribution in [0.25, 0.3) is 0 Å². The van der Waals surface area contributed by atoms with Crippen LogP contribution in [0.3, 0.4) is 0 Å². The smallest absolute Gasteiger partial charge is 0.324 e. The van der Waals surface area contributed by atoms with Crippen LogP contribution in [-0.2, 0) is 4.79 Å². The first-order valence-corrected chi connectivity index (χ1v) is 4.37. The minimum absolute atomic E-state index is 0.582. The minimum atomic E-state index is -0.802. The summed E-state index contributed by atoms with van der Waals surface area (Å²) in [5.74, 6) is -0.219. The molecule has 2 N–H and O–H groups in total. The standard InChI is InChI=1S/C6H13NO2S/c1-6(7-2,4-10-3)5(8)9/h7H,4H2,1-3H3,(H,8,9). The summed E-state index contributed by atoms with van der Waals surface area (Å²) >= 11 is 1.52. The highest BCUT2D eigenvalue weighted by molar-refractivity contribution is 7.98. The maximum Gasteiger partial charge on any atom is 0.324 e. The molecule has 0 amide bonds. The van der Waals surface area contributed by atoms with Gasteiger partial charge in [-0.05, 0) is 20.2 Å². The Morgan fingerprint density at radius 1 is 1.80 bits per heavy atom. The lowest BCUT2D eigenvalue weighted by molar-refractivity contribution is -0.142. The number of thioether (sulfide) groups is 1. The molecule has 0 aromatic carbocycles. The van der Waals surface area contributed by atoms with E-state index < -0.39 is 11.5 Å². The first-order valence-electron chi connectivity index (χ1n) is 2.98. The van der Waals surface area contributed by atoms with Crippen LogP contribution in [-0.4, -0.2) is 35.7 Å². The zero-order valence-electron chi connectivity index (χ0n) is 6.47. The van der Waals surface area contributed by atoms with Crippen molar-refractivity contribution < 1.29 is 9.90 Å². The highest BCUT2D eigenvalue weighted by atomic mass is 32.2. The van der Waals surface area contributed by atoms with Gasteiger partial charge in [0, 0.05) is 5.75 Å². The number of nitrogens with one attached hydrogen (secondary N) is 1. The van der Waals surface area contributed by atoms with E-state index in [0.29, 0.717) is 5.75 Å². The fourth-order valence-corrected chi connectivity index (χ4v) is 1.37. The number of carboxylic acids is 1. The van der Waals surface area contributed by atoms with Gasteiger partial charge in [0.2, 0.25) is 0 Å². The number of carbonyl (C=O) groups is 1. The fourth-order valence-electron chi connectivity index (χ4n) is 0.530. The molecule has 0 heterocycles. The average Bonchev–Trinajstić information content (AvgIpc) is 1.88. The third-order valence-electron chi connectivity index (χ3n) is 1.46. The summed E-state index contributed by atoms with van der Waals surface area (Å²) in [6.45, 7) is 1.67.